The maximum absolute atomic E-state index is 13.0. The number of aromatic nitrogens is 2. The number of nitrogens with two attached hydrogens (primary N) is 1. The number of fused-ring (bicyclic) bond motifs is 1. The summed E-state index contributed by atoms with van der Waals surface area (Å²) in [7, 11) is 0. The number of carbonyl (C=O) groups is 2. The van der Waals surface area contributed by atoms with Crippen molar-refractivity contribution in [3.05, 3.63) is 51.1 Å². The van der Waals surface area contributed by atoms with E-state index in [0.717, 1.165) is 9.55 Å². The number of hydrogen-bond donors (Lipinski definition) is 3. The van der Waals surface area contributed by atoms with E-state index in [-0.39, 0.29) is 22.6 Å². The Morgan fingerprint density at radius 3 is 2.93 bits per heavy atom. The Balaban J connectivity index is 1.95. The fraction of sp³-hybridized carbons (Fsp3) is 0.333. The second-order valence-corrected chi connectivity index (χ2v) is 8.47. The third-order valence-corrected chi connectivity index (χ3v) is 5.69. The molecule has 0 saturated carbocycles. The van der Waals surface area contributed by atoms with Gasteiger partial charge in [-0.15, -0.1) is 11.3 Å². The molecule has 2 aromatic rings. The number of nitrogens with one attached hydrogen (secondary N) is 2. The summed E-state index contributed by atoms with van der Waals surface area (Å²) in [6.07, 6.45) is 2.32. The molecule has 0 spiro atoms. The summed E-state index contributed by atoms with van der Waals surface area (Å²) in [5.74, 6) is 0.470. The van der Waals surface area contributed by atoms with Crippen molar-refractivity contribution in [2.24, 2.45) is 11.1 Å². The number of allylic oxidation sites excluding steroid dienone is 2. The lowest BCUT2D eigenvalue weighted by Gasteiger charge is -2.37. The molecule has 3 heterocycles. The van der Waals surface area contributed by atoms with Gasteiger partial charge >= 0.3 is 6.03 Å². The van der Waals surface area contributed by atoms with Crippen molar-refractivity contribution < 1.29 is 14.3 Å². The quantitative estimate of drug-likeness (QED) is 0.733. The lowest BCUT2D eigenvalue weighted by atomic mass is 9.71. The maximum atomic E-state index is 13.0. The smallest absolute Gasteiger partial charge is 0.331 e. The van der Waals surface area contributed by atoms with Gasteiger partial charge in [-0.2, -0.15) is 0 Å². The zero-order chi connectivity index (χ0) is 19.3. The average Bonchev–Trinajstić information content (AvgIpc) is 3.08. The molecule has 4 N–H and O–H groups in total. The van der Waals surface area contributed by atoms with E-state index in [1.807, 2.05) is 31.4 Å². The van der Waals surface area contributed by atoms with E-state index in [2.05, 4.69) is 10.4 Å². The van der Waals surface area contributed by atoms with Crippen molar-refractivity contribution in [3.63, 3.8) is 0 Å². The third kappa shape index (κ3) is 2.93. The molecule has 9 heteroatoms. The molecule has 8 nitrogen and oxygen atoms in total. The zero-order valence-corrected chi connectivity index (χ0v) is 15.7. The molecule has 0 saturated heterocycles. The van der Waals surface area contributed by atoms with Gasteiger partial charge in [0, 0.05) is 23.3 Å². The Morgan fingerprint density at radius 2 is 2.26 bits per heavy atom. The van der Waals surface area contributed by atoms with Crippen LogP contribution in [0.2, 0.25) is 0 Å². The van der Waals surface area contributed by atoms with Gasteiger partial charge in [0.2, 0.25) is 5.88 Å². The number of Topliss-reactive ketones (excluding diaryl/α,β-unsaturated/α-hetero) is 1. The van der Waals surface area contributed by atoms with E-state index < -0.39 is 11.9 Å². The molecular weight excluding hydrogens is 366 g/mol. The van der Waals surface area contributed by atoms with Gasteiger partial charge in [0.15, 0.2) is 11.3 Å². The van der Waals surface area contributed by atoms with Crippen LogP contribution < -0.4 is 21.4 Å². The first-order chi connectivity index (χ1) is 12.8. The topological polar surface area (TPSA) is 123 Å². The van der Waals surface area contributed by atoms with Gasteiger partial charge in [-0.05, 0) is 16.9 Å². The number of thiophene rings is 1. The van der Waals surface area contributed by atoms with Crippen molar-refractivity contribution in [1.82, 2.24) is 9.66 Å². The number of primary amides is 1. The Morgan fingerprint density at radius 1 is 1.48 bits per heavy atom. The van der Waals surface area contributed by atoms with Crippen LogP contribution in [0.5, 0.6) is 5.88 Å². The number of ether oxygens (including phenoxy) is 1. The predicted molar refractivity (Wildman–Crippen MR) is 98.9 cm³/mol. The van der Waals surface area contributed by atoms with Gasteiger partial charge in [-0.25, -0.2) is 19.9 Å². The lowest BCUT2D eigenvalue weighted by molar-refractivity contribution is -0.118. The summed E-state index contributed by atoms with van der Waals surface area (Å²) in [4.78, 5) is 29.4. The number of nitrogens with zero attached hydrogens (tertiary/aromatic N) is 2. The van der Waals surface area contributed by atoms with Gasteiger partial charge in [0.05, 0.1) is 11.5 Å². The molecule has 1 aliphatic carbocycles. The number of carbonyl (C=O) groups excluding carboxylic acids is 2. The Labute approximate surface area is 159 Å². The van der Waals surface area contributed by atoms with Gasteiger partial charge in [0.25, 0.3) is 0 Å². The van der Waals surface area contributed by atoms with E-state index in [1.165, 1.54) is 17.7 Å². The molecule has 4 rings (SSSR count). The highest BCUT2D eigenvalue weighted by Crippen LogP contribution is 2.49. The Hall–Kier alpha value is -2.94. The fourth-order valence-corrected chi connectivity index (χ4v) is 4.55. The normalized spacial score (nSPS) is 20.5. The first-order valence-corrected chi connectivity index (χ1v) is 9.35. The van der Waals surface area contributed by atoms with Crippen LogP contribution in [0.4, 0.5) is 4.79 Å². The van der Waals surface area contributed by atoms with Gasteiger partial charge in [0.1, 0.15) is 12.1 Å². The second-order valence-electron chi connectivity index (χ2n) is 7.49. The molecule has 27 heavy (non-hydrogen) atoms. The molecule has 0 aromatic carbocycles. The van der Waals surface area contributed by atoms with E-state index in [9.17, 15) is 9.59 Å². The van der Waals surface area contributed by atoms with Crippen LogP contribution in [0, 0.1) is 10.8 Å². The van der Waals surface area contributed by atoms with Crippen LogP contribution in [0.3, 0.4) is 0 Å². The first-order valence-electron chi connectivity index (χ1n) is 8.47. The Kier molecular flexibility index (Phi) is 3.92. The van der Waals surface area contributed by atoms with Crippen LogP contribution in [-0.2, 0) is 4.79 Å². The van der Waals surface area contributed by atoms with E-state index >= 15 is 0 Å². The van der Waals surface area contributed by atoms with Crippen molar-refractivity contribution in [1.29, 1.82) is 5.41 Å². The van der Waals surface area contributed by atoms with Crippen LogP contribution >= 0.6 is 11.3 Å². The van der Waals surface area contributed by atoms with Crippen molar-refractivity contribution in [2.45, 2.75) is 32.6 Å². The summed E-state index contributed by atoms with van der Waals surface area (Å²) in [6.45, 7) is 4.07. The number of hydrogen-bond acceptors (Lipinski definition) is 6. The van der Waals surface area contributed by atoms with E-state index in [1.54, 1.807) is 0 Å². The maximum Gasteiger partial charge on any atom is 0.331 e. The van der Waals surface area contributed by atoms with Crippen molar-refractivity contribution in [3.8, 4) is 5.88 Å². The standard InChI is InChI=1S/C18H19N5O3S/c1-18(2)6-9(24)12-10(7-18)26-16-14(13(12)11-4-3-5-27-11)15(19)23(8-21-16)22-17(20)25/h3-5,8,13,19H,6-7H2,1-2H3,(H3,20,22,25). The van der Waals surface area contributed by atoms with Crippen LogP contribution in [-0.4, -0.2) is 21.5 Å². The summed E-state index contributed by atoms with van der Waals surface area (Å²) in [5, 5.41) is 10.5. The third-order valence-electron chi connectivity index (χ3n) is 4.75. The zero-order valence-electron chi connectivity index (χ0n) is 14.9. The summed E-state index contributed by atoms with van der Waals surface area (Å²) in [5.41, 5.74) is 8.32. The summed E-state index contributed by atoms with van der Waals surface area (Å²) >= 11 is 1.50. The lowest BCUT2D eigenvalue weighted by Crippen LogP contribution is -2.41. The molecule has 1 aliphatic heterocycles. The molecular formula is C18H19N5O3S. The highest BCUT2D eigenvalue weighted by molar-refractivity contribution is 7.10. The minimum atomic E-state index is -0.810. The summed E-state index contributed by atoms with van der Waals surface area (Å²) < 4.78 is 7.12. The molecule has 0 bridgehead atoms. The van der Waals surface area contributed by atoms with Crippen LogP contribution in [0.25, 0.3) is 0 Å². The molecule has 2 amide bonds. The highest BCUT2D eigenvalue weighted by Gasteiger charge is 2.43. The Bertz CT molecular complexity index is 1040. The highest BCUT2D eigenvalue weighted by atomic mass is 32.1. The summed E-state index contributed by atoms with van der Waals surface area (Å²) in [6, 6.07) is 3.03. The van der Waals surface area contributed by atoms with Crippen molar-refractivity contribution in [2.75, 3.05) is 5.43 Å². The number of amides is 2. The average molecular weight is 385 g/mol. The minimum Gasteiger partial charge on any atom is -0.442 e. The molecule has 2 aromatic heterocycles. The van der Waals surface area contributed by atoms with E-state index in [4.69, 9.17) is 15.9 Å². The van der Waals surface area contributed by atoms with Crippen molar-refractivity contribution >= 4 is 23.2 Å². The van der Waals surface area contributed by atoms with Gasteiger partial charge < -0.3 is 10.5 Å². The van der Waals surface area contributed by atoms with Gasteiger partial charge in [-0.1, -0.05) is 19.9 Å². The fourth-order valence-electron chi connectivity index (χ4n) is 3.71. The first kappa shape index (κ1) is 17.5. The molecule has 140 valence electrons. The molecule has 0 fully saturated rings. The molecule has 1 atom stereocenters. The minimum absolute atomic E-state index is 0.0166. The van der Waals surface area contributed by atoms with Crippen LogP contribution in [0.15, 0.2) is 35.2 Å². The van der Waals surface area contributed by atoms with Gasteiger partial charge in [-0.3, -0.25) is 10.2 Å². The number of ketones is 1. The molecule has 0 radical (unpaired) electrons. The van der Waals surface area contributed by atoms with Crippen LogP contribution in [0.1, 0.15) is 43.0 Å². The predicted octanol–water partition coefficient (Wildman–Crippen LogP) is 2.21. The molecule has 1 unspecified atom stereocenters. The number of urea groups is 1. The largest absolute Gasteiger partial charge is 0.442 e. The molecule has 2 aliphatic rings. The SMILES string of the molecule is CC1(C)CC(=O)C2=C(C1)Oc1ncn(NC(N)=O)c(=N)c1C2c1cccs1. The van der Waals surface area contributed by atoms with E-state index in [0.29, 0.717) is 29.7 Å². The number of rotatable bonds is 2. The second kappa shape index (κ2) is 6.05. The monoisotopic (exact) mass is 385 g/mol.